The number of nitrogens with one attached hydrogen (secondary N) is 1. The second-order valence-electron chi connectivity index (χ2n) is 6.64. The summed E-state index contributed by atoms with van der Waals surface area (Å²) >= 11 is 0. The van der Waals surface area contributed by atoms with Gasteiger partial charge in [0.15, 0.2) is 5.96 Å². The van der Waals surface area contributed by atoms with Gasteiger partial charge in [-0.25, -0.2) is 0 Å². The smallest absolute Gasteiger partial charge is 0.193 e. The molecule has 0 unspecified atom stereocenters. The fourth-order valence-corrected chi connectivity index (χ4v) is 2.39. The minimum absolute atomic E-state index is 0. The van der Waals surface area contributed by atoms with Crippen LogP contribution in [0.5, 0.6) is 0 Å². The van der Waals surface area contributed by atoms with E-state index in [2.05, 4.69) is 63.2 Å². The molecule has 1 rings (SSSR count). The van der Waals surface area contributed by atoms with E-state index in [1.807, 2.05) is 11.7 Å². The fourth-order valence-electron chi connectivity index (χ4n) is 2.39. The van der Waals surface area contributed by atoms with Crippen molar-refractivity contribution in [3.05, 3.63) is 17.5 Å². The number of nitrogens with zero attached hydrogens (tertiary/aromatic N) is 4. The van der Waals surface area contributed by atoms with E-state index in [-0.39, 0.29) is 24.0 Å². The molecule has 1 aromatic rings. The molecule has 6 heteroatoms. The molecule has 5 nitrogen and oxygen atoms in total. The number of hydrogen-bond acceptors (Lipinski definition) is 2. The van der Waals surface area contributed by atoms with Crippen LogP contribution in [0.1, 0.15) is 58.2 Å². The van der Waals surface area contributed by atoms with Crippen LogP contribution in [-0.2, 0) is 13.6 Å². The first kappa shape index (κ1) is 22.2. The molecule has 1 N–H and O–H groups in total. The molecule has 0 spiro atoms. The molecule has 0 atom stereocenters. The van der Waals surface area contributed by atoms with Crippen molar-refractivity contribution < 1.29 is 0 Å². The molecular formula is C17H34IN5. The predicted molar refractivity (Wildman–Crippen MR) is 110 cm³/mol. The quantitative estimate of drug-likeness (QED) is 0.405. The topological polar surface area (TPSA) is 45.5 Å². The van der Waals surface area contributed by atoms with E-state index in [0.717, 1.165) is 32.0 Å². The monoisotopic (exact) mass is 435 g/mol. The zero-order valence-electron chi connectivity index (χ0n) is 15.8. The van der Waals surface area contributed by atoms with Crippen molar-refractivity contribution in [2.24, 2.45) is 18.0 Å². The first-order valence-electron chi connectivity index (χ1n) is 8.37. The largest absolute Gasteiger partial charge is 0.357 e. The average molecular weight is 435 g/mol. The number of hydrogen-bond donors (Lipinski definition) is 1. The second kappa shape index (κ2) is 10.9. The third-order valence-electron chi connectivity index (χ3n) is 3.56. The zero-order chi connectivity index (χ0) is 16.7. The summed E-state index contributed by atoms with van der Waals surface area (Å²) in [6.45, 7) is 13.5. The van der Waals surface area contributed by atoms with Gasteiger partial charge < -0.3 is 10.2 Å². The molecular weight excluding hydrogens is 401 g/mol. The molecule has 0 saturated carbocycles. The van der Waals surface area contributed by atoms with Crippen LogP contribution in [0.4, 0.5) is 0 Å². The zero-order valence-corrected chi connectivity index (χ0v) is 18.1. The van der Waals surface area contributed by atoms with Gasteiger partial charge in [-0.1, -0.05) is 27.7 Å². The van der Waals surface area contributed by atoms with E-state index in [1.54, 1.807) is 0 Å². The summed E-state index contributed by atoms with van der Waals surface area (Å²) in [5, 5.41) is 7.96. The highest BCUT2D eigenvalue weighted by Gasteiger charge is 2.15. The molecule has 0 saturated heterocycles. The summed E-state index contributed by atoms with van der Waals surface area (Å²) in [4.78, 5) is 6.92. The molecule has 0 fully saturated rings. The molecule has 23 heavy (non-hydrogen) atoms. The summed E-state index contributed by atoms with van der Waals surface area (Å²) < 4.78 is 1.90. The fraction of sp³-hybridized carbons (Fsp3) is 0.765. The summed E-state index contributed by atoms with van der Waals surface area (Å²) in [6, 6.07) is 0. The van der Waals surface area contributed by atoms with Gasteiger partial charge >= 0.3 is 0 Å². The Bertz CT molecular complexity index is 479. The van der Waals surface area contributed by atoms with Gasteiger partial charge in [0.05, 0.1) is 5.69 Å². The van der Waals surface area contributed by atoms with Gasteiger partial charge in [-0.2, -0.15) is 5.10 Å². The SMILES string of the molecule is CCNC(=NCCC(C)C)N(C)Cc1cn(C)nc1C(C)C.I. The van der Waals surface area contributed by atoms with Gasteiger partial charge in [-0.15, -0.1) is 24.0 Å². The first-order chi connectivity index (χ1) is 10.3. The Morgan fingerprint density at radius 1 is 1.35 bits per heavy atom. The molecule has 1 aromatic heterocycles. The molecule has 0 aliphatic rings. The molecule has 0 aliphatic heterocycles. The van der Waals surface area contributed by atoms with Crippen LogP contribution in [0.2, 0.25) is 0 Å². The van der Waals surface area contributed by atoms with Crippen LogP contribution < -0.4 is 5.32 Å². The van der Waals surface area contributed by atoms with Crippen LogP contribution in [0.15, 0.2) is 11.2 Å². The lowest BCUT2D eigenvalue weighted by molar-refractivity contribution is 0.471. The van der Waals surface area contributed by atoms with Gasteiger partial charge in [0, 0.05) is 45.5 Å². The van der Waals surface area contributed by atoms with Gasteiger partial charge in [-0.05, 0) is 25.2 Å². The molecule has 0 bridgehead atoms. The number of halogens is 1. The molecule has 134 valence electrons. The van der Waals surface area contributed by atoms with Gasteiger partial charge in [0.1, 0.15) is 0 Å². The van der Waals surface area contributed by atoms with E-state index < -0.39 is 0 Å². The third-order valence-corrected chi connectivity index (χ3v) is 3.56. The number of aromatic nitrogens is 2. The molecule has 0 aliphatic carbocycles. The average Bonchev–Trinajstić information content (AvgIpc) is 2.78. The highest BCUT2D eigenvalue weighted by molar-refractivity contribution is 14.0. The minimum Gasteiger partial charge on any atom is -0.357 e. The van der Waals surface area contributed by atoms with Gasteiger partial charge in [0.25, 0.3) is 0 Å². The number of rotatable bonds is 7. The summed E-state index contributed by atoms with van der Waals surface area (Å²) in [5.41, 5.74) is 2.45. The van der Waals surface area contributed by atoms with Crippen LogP contribution in [-0.4, -0.2) is 40.8 Å². The summed E-state index contributed by atoms with van der Waals surface area (Å²) in [6.07, 6.45) is 3.23. The molecule has 0 radical (unpaired) electrons. The number of aryl methyl sites for hydroxylation is 1. The highest BCUT2D eigenvalue weighted by Crippen LogP contribution is 2.18. The van der Waals surface area contributed by atoms with Crippen LogP contribution in [0.3, 0.4) is 0 Å². The maximum Gasteiger partial charge on any atom is 0.193 e. The second-order valence-corrected chi connectivity index (χ2v) is 6.64. The van der Waals surface area contributed by atoms with Crippen LogP contribution in [0, 0.1) is 5.92 Å². The van der Waals surface area contributed by atoms with Crippen molar-refractivity contribution in [3.63, 3.8) is 0 Å². The normalized spacial score (nSPS) is 11.8. The van der Waals surface area contributed by atoms with E-state index in [4.69, 9.17) is 4.99 Å². The van der Waals surface area contributed by atoms with E-state index in [0.29, 0.717) is 11.8 Å². The van der Waals surface area contributed by atoms with E-state index in [9.17, 15) is 0 Å². The van der Waals surface area contributed by atoms with Crippen molar-refractivity contribution in [1.29, 1.82) is 0 Å². The maximum atomic E-state index is 4.74. The van der Waals surface area contributed by atoms with E-state index >= 15 is 0 Å². The van der Waals surface area contributed by atoms with Crippen molar-refractivity contribution in [3.8, 4) is 0 Å². The Hall–Kier alpha value is -0.790. The molecule has 0 aromatic carbocycles. The van der Waals surface area contributed by atoms with Crippen LogP contribution in [0.25, 0.3) is 0 Å². The molecule has 0 amide bonds. The Morgan fingerprint density at radius 2 is 2.00 bits per heavy atom. The maximum absolute atomic E-state index is 4.74. The standard InChI is InChI=1S/C17H33N5.HI/c1-8-18-17(19-10-9-13(2)3)21(6)11-15-12-22(7)20-16(15)14(4)5;/h12-14H,8-11H2,1-7H3,(H,18,19);1H. The third kappa shape index (κ3) is 7.54. The Labute approximate surface area is 158 Å². The predicted octanol–water partition coefficient (Wildman–Crippen LogP) is 3.60. The lowest BCUT2D eigenvalue weighted by Crippen LogP contribution is -2.38. The number of guanidine groups is 1. The lowest BCUT2D eigenvalue weighted by Gasteiger charge is -2.22. The Balaban J connectivity index is 0.00000484. The van der Waals surface area contributed by atoms with Crippen molar-refractivity contribution >= 4 is 29.9 Å². The summed E-state index contributed by atoms with van der Waals surface area (Å²) in [7, 11) is 4.07. The molecule has 1 heterocycles. The Morgan fingerprint density at radius 3 is 2.52 bits per heavy atom. The minimum atomic E-state index is 0. The highest BCUT2D eigenvalue weighted by atomic mass is 127. The van der Waals surface area contributed by atoms with Crippen molar-refractivity contribution in [2.75, 3.05) is 20.1 Å². The number of aliphatic imine (C=N–C) groups is 1. The van der Waals surface area contributed by atoms with Gasteiger partial charge in [-0.3, -0.25) is 9.67 Å². The van der Waals surface area contributed by atoms with Crippen molar-refractivity contribution in [2.45, 2.75) is 53.5 Å². The lowest BCUT2D eigenvalue weighted by atomic mass is 10.1. The van der Waals surface area contributed by atoms with Crippen LogP contribution >= 0.6 is 24.0 Å². The summed E-state index contributed by atoms with van der Waals surface area (Å²) in [5.74, 6) is 2.09. The Kier molecular flexibility index (Phi) is 10.5. The van der Waals surface area contributed by atoms with Gasteiger partial charge in [0.2, 0.25) is 0 Å². The van der Waals surface area contributed by atoms with E-state index in [1.165, 1.54) is 11.3 Å². The van der Waals surface area contributed by atoms with Crippen molar-refractivity contribution in [1.82, 2.24) is 20.0 Å². The first-order valence-corrected chi connectivity index (χ1v) is 8.37.